The lowest BCUT2D eigenvalue weighted by Crippen LogP contribution is -2.62. The quantitative estimate of drug-likeness (QED) is 0.0247. The van der Waals surface area contributed by atoms with Gasteiger partial charge in [-0.05, 0) is 112 Å². The Bertz CT molecular complexity index is 3610. The highest BCUT2D eigenvalue weighted by Gasteiger charge is 2.41. The van der Waals surface area contributed by atoms with Crippen molar-refractivity contribution in [3.63, 3.8) is 0 Å². The topological polar surface area (TPSA) is 90.7 Å². The molecule has 0 bridgehead atoms. The summed E-state index contributed by atoms with van der Waals surface area (Å²) in [7, 11) is 4.59. The predicted octanol–water partition coefficient (Wildman–Crippen LogP) is 32.6. The summed E-state index contributed by atoms with van der Waals surface area (Å²) in [5.74, 6) is 6.44. The third kappa shape index (κ3) is 42.4. The Balaban J connectivity index is 1.38. The van der Waals surface area contributed by atoms with Gasteiger partial charge in [0.15, 0.2) is 40.2 Å². The summed E-state index contributed by atoms with van der Waals surface area (Å²) in [6.07, 6.45) is 88.6. The molecule has 0 spiro atoms. The van der Waals surface area contributed by atoms with Crippen LogP contribution in [-0.4, -0.2) is 87.5 Å². The zero-order valence-electron chi connectivity index (χ0n) is 81.2. The molecule has 0 amide bonds. The minimum absolute atomic E-state index is 0.634. The number of benzene rings is 3. The highest BCUT2D eigenvalue weighted by molar-refractivity contribution is 6.27. The molecule has 694 valence electrons. The molecule has 0 fully saturated rings. The van der Waals surface area contributed by atoms with Crippen molar-refractivity contribution in [1.29, 1.82) is 0 Å². The normalized spacial score (nSPS) is 14.1. The number of hydrogen-bond acceptors (Lipinski definition) is 7. The number of allylic oxidation sites excluding steroid dienone is 5. The largest absolute Gasteiger partial charge is 0.605 e. The van der Waals surface area contributed by atoms with Crippen molar-refractivity contribution in [3.8, 4) is 57.0 Å². The second kappa shape index (κ2) is 69.8. The van der Waals surface area contributed by atoms with Crippen LogP contribution in [0.3, 0.4) is 0 Å². The molecule has 0 saturated carbocycles. The molecule has 12 nitrogen and oxygen atoms in total. The first-order valence-corrected chi connectivity index (χ1v) is 53.0. The molecule has 0 atom stereocenters. The summed E-state index contributed by atoms with van der Waals surface area (Å²) < 4.78 is 64.8. The van der Waals surface area contributed by atoms with Gasteiger partial charge in [-0.25, -0.2) is 4.61 Å². The highest BCUT2D eigenvalue weighted by Crippen LogP contribution is 2.41. The van der Waals surface area contributed by atoms with E-state index in [2.05, 4.69) is 174 Å². The second-order valence-electron chi connectivity index (χ2n) is 36.7. The Morgan fingerprint density at radius 1 is 0.274 bits per heavy atom. The second-order valence-corrected chi connectivity index (χ2v) is 36.7. The van der Waals surface area contributed by atoms with Gasteiger partial charge in [0, 0.05) is 35.8 Å². The average Bonchev–Trinajstić information content (AvgIpc) is 1.57. The molecule has 124 heavy (non-hydrogen) atoms. The van der Waals surface area contributed by atoms with E-state index < -0.39 is 0 Å². The lowest BCUT2D eigenvalue weighted by atomic mass is 10.00. The van der Waals surface area contributed by atoms with Crippen LogP contribution in [0.15, 0.2) is 102 Å². The fourth-order valence-corrected chi connectivity index (χ4v) is 17.5. The van der Waals surface area contributed by atoms with Crippen molar-refractivity contribution < 1.29 is 51.4 Å². The van der Waals surface area contributed by atoms with E-state index in [4.69, 9.17) is 37.6 Å². The molecule has 3 aliphatic rings. The van der Waals surface area contributed by atoms with Crippen molar-refractivity contribution >= 4 is 26.6 Å². The molecular weight excluding hydrogens is 1530 g/mol. The highest BCUT2D eigenvalue weighted by atomic mass is 16.5. The van der Waals surface area contributed by atoms with Crippen molar-refractivity contribution in [2.45, 2.75) is 466 Å². The van der Waals surface area contributed by atoms with Crippen LogP contribution in [0.4, 0.5) is 0 Å². The van der Waals surface area contributed by atoms with Gasteiger partial charge >= 0.3 is 20.9 Å². The van der Waals surface area contributed by atoms with E-state index in [1.165, 1.54) is 334 Å². The van der Waals surface area contributed by atoms with Gasteiger partial charge < -0.3 is 42.3 Å². The van der Waals surface area contributed by atoms with Gasteiger partial charge in [0.1, 0.15) is 0 Å². The molecule has 0 N–H and O–H groups in total. The van der Waals surface area contributed by atoms with E-state index in [1.54, 1.807) is 0 Å². The van der Waals surface area contributed by atoms with Gasteiger partial charge in [0.25, 0.3) is 6.61 Å². The van der Waals surface area contributed by atoms with E-state index in [1.807, 2.05) is 0 Å². The number of hydrogen-bond donors (Lipinski definition) is 0. The Morgan fingerprint density at radius 3 is 0.919 bits per heavy atom. The van der Waals surface area contributed by atoms with Crippen LogP contribution >= 0.6 is 0 Å². The average molecular weight is 1710 g/mol. The first-order chi connectivity index (χ1) is 61.4. The van der Waals surface area contributed by atoms with Crippen molar-refractivity contribution in [2.24, 2.45) is 0 Å². The van der Waals surface area contributed by atoms with E-state index >= 15 is 0 Å². The van der Waals surface area contributed by atoms with Gasteiger partial charge in [-0.2, -0.15) is 0 Å². The lowest BCUT2D eigenvalue weighted by molar-refractivity contribution is -0.878. The number of azo groups is 1. The molecule has 3 heterocycles. The van der Waals surface area contributed by atoms with Crippen LogP contribution in [0.5, 0.6) is 34.5 Å². The van der Waals surface area contributed by atoms with E-state index in [9.17, 15) is 0 Å². The van der Waals surface area contributed by atoms with Gasteiger partial charge in [0.2, 0.25) is 17.2 Å². The number of fused-ring (bicyclic) bond motifs is 1. The van der Waals surface area contributed by atoms with Gasteiger partial charge in [-0.1, -0.05) is 409 Å². The Hall–Kier alpha value is -6.17. The fourth-order valence-electron chi connectivity index (χ4n) is 17.5. The van der Waals surface area contributed by atoms with Gasteiger partial charge in [0.05, 0.1) is 69.2 Å². The molecule has 7 rings (SSSR count). The lowest BCUT2D eigenvalue weighted by Gasteiger charge is -2.25. The maximum absolute atomic E-state index is 7.02. The molecule has 0 unspecified atom stereocenters. The van der Waals surface area contributed by atoms with Crippen LogP contribution in [0.25, 0.3) is 28.2 Å². The summed E-state index contributed by atoms with van der Waals surface area (Å²) in [6.45, 7) is 23.6. The maximum Gasteiger partial charge on any atom is 0.605 e. The molecule has 2 aliphatic heterocycles. The smallest absolute Gasteiger partial charge is 0.490 e. The Labute approximate surface area is 761 Å². The maximum atomic E-state index is 7.02. The molecule has 0 saturated heterocycles. The van der Waals surface area contributed by atoms with E-state index in [0.29, 0.717) is 52.9 Å². The van der Waals surface area contributed by atoms with Crippen molar-refractivity contribution in [1.82, 2.24) is 4.59 Å². The number of rotatable bonds is 82. The standard InChI is InChI=1S/C110H182B2N4O8/c1-9-17-25-33-41-49-57-65-81-117-103-77-73-95(89-107(103)121-85-69-61-53-45-37-29-21-13-5)99-93-100(96-74-78-104(118-82-66-58-50-42-34-26-18-10-2)108(90-96)122-86-70-62-54-46-38-30-22-14-6)114-112-116-102(98-76-80-106(120-84-68-60-52-44-36-28-20-12-4)110(92-98)124-88-72-64-56-48-40-32-24-16-8)94-101(115(116)111-113(99)114)97-75-79-105(119-83-67-59-51-43-35-27-19-11-3)109(91-97)123-87-71-63-55-47-39-31-23-15-7/h73-80,89-94H,9-72,81-88H2,1-8H3/q+2. The Kier molecular flexibility index (Phi) is 59.1. The summed E-state index contributed by atoms with van der Waals surface area (Å²) >= 11 is 0. The predicted molar refractivity (Wildman–Crippen MR) is 527 cm³/mol. The molecule has 3 aromatic carbocycles. The third-order valence-electron chi connectivity index (χ3n) is 25.4. The van der Waals surface area contributed by atoms with Crippen LogP contribution in [0, 0.1) is 0 Å². The number of aromatic nitrogens is 2. The number of nitrogens with zero attached hydrogens (tertiary/aromatic N) is 4. The SMILES string of the molecule is CCCCCCCCCCOC1=CC(=C2C=C(c3ccc(OCCCCCCCCCC)c(OCCCCCCCCCC)c3)[N+]3=[N+]2[B-][n+]2c(-c4ccc(OCCCCCCCCCC)c(OCCCCCCCCCC)c4)cc(-c4ccc(OCCCCCCCCCC)c(OCCCCCCCCCC)c4)n2[B-]3)C=CC1=[O+]CCCCCCCCCC. The van der Waals surface area contributed by atoms with Gasteiger partial charge in [-0.15, -0.1) is 0 Å². The first kappa shape index (κ1) is 105. The minimum Gasteiger partial charge on any atom is -0.490 e. The van der Waals surface area contributed by atoms with E-state index in [0.717, 1.165) is 168 Å². The Morgan fingerprint density at radius 2 is 0.565 bits per heavy atom. The summed E-state index contributed by atoms with van der Waals surface area (Å²) in [5, 5.41) is 0. The summed E-state index contributed by atoms with van der Waals surface area (Å²) in [4.78, 5) is 0. The first-order valence-electron chi connectivity index (χ1n) is 53.0. The summed E-state index contributed by atoms with van der Waals surface area (Å²) in [6, 6.07) is 22.5. The van der Waals surface area contributed by atoms with Crippen LogP contribution < -0.4 is 33.0 Å². The number of ether oxygens (including phenoxy) is 7. The number of ketones is 1. The van der Waals surface area contributed by atoms with Crippen molar-refractivity contribution in [2.75, 3.05) is 52.9 Å². The van der Waals surface area contributed by atoms with Crippen LogP contribution in [0.2, 0.25) is 0 Å². The zero-order valence-corrected chi connectivity index (χ0v) is 81.2. The van der Waals surface area contributed by atoms with Crippen molar-refractivity contribution in [3.05, 3.63) is 108 Å². The molecule has 1 aliphatic carbocycles. The number of carbonyl (C=O) groups excluding carboxylic acids is 1. The molecule has 14 heteroatoms. The van der Waals surface area contributed by atoms with Gasteiger partial charge in [-0.3, -0.25) is 9.03 Å². The monoisotopic (exact) mass is 1710 g/mol. The summed E-state index contributed by atoms with van der Waals surface area (Å²) in [5.41, 5.74) is 8.17. The molecular formula is C110H182B2N4O8+2. The fraction of sp³-hybridized carbons (Fsp3) is 0.727. The zero-order chi connectivity index (χ0) is 87.4. The minimum atomic E-state index is 0.634. The molecule has 1 aromatic heterocycles. The molecule has 4 radical (unpaired) electrons. The number of unbranched alkanes of at least 4 members (excludes halogenated alkanes) is 56. The molecule has 4 aromatic rings. The third-order valence-corrected chi connectivity index (χ3v) is 25.4. The van der Waals surface area contributed by atoms with Crippen LogP contribution in [0.1, 0.15) is 472 Å². The van der Waals surface area contributed by atoms with E-state index in [-0.39, 0.29) is 0 Å². The van der Waals surface area contributed by atoms with Crippen LogP contribution in [-0.2, 0) is 9.16 Å².